The molecule has 2 N–H and O–H groups in total. The Bertz CT molecular complexity index is 1000. The summed E-state index contributed by atoms with van der Waals surface area (Å²) in [5.74, 6) is 1.71. The molecule has 0 unspecified atom stereocenters. The fourth-order valence-electron chi connectivity index (χ4n) is 2.52. The molecule has 0 spiro atoms. The van der Waals surface area contributed by atoms with Gasteiger partial charge in [-0.2, -0.15) is 0 Å². The molecule has 0 saturated heterocycles. The number of aromatic nitrogens is 4. The van der Waals surface area contributed by atoms with E-state index in [1.165, 1.54) is 0 Å². The van der Waals surface area contributed by atoms with Gasteiger partial charge in [-0.1, -0.05) is 5.10 Å². The molecule has 4 aromatic rings. The Hall–Kier alpha value is -3.55. The Morgan fingerprint density at radius 2 is 1.88 bits per heavy atom. The van der Waals surface area contributed by atoms with E-state index in [1.807, 2.05) is 24.3 Å². The van der Waals surface area contributed by atoms with E-state index in [1.54, 1.807) is 32.7 Å². The molecule has 0 fully saturated rings. The van der Waals surface area contributed by atoms with E-state index in [9.17, 15) is 0 Å². The summed E-state index contributed by atoms with van der Waals surface area (Å²) in [6, 6.07) is 9.47. The van der Waals surface area contributed by atoms with Gasteiger partial charge < -0.3 is 24.2 Å². The van der Waals surface area contributed by atoms with Crippen molar-refractivity contribution in [3.63, 3.8) is 0 Å². The molecule has 126 valence electrons. The van der Waals surface area contributed by atoms with E-state index in [2.05, 4.69) is 25.5 Å². The van der Waals surface area contributed by atoms with Gasteiger partial charge >= 0.3 is 6.01 Å². The zero-order valence-electron chi connectivity index (χ0n) is 13.6. The Kier molecular flexibility index (Phi) is 3.70. The van der Waals surface area contributed by atoms with Crippen molar-refractivity contribution in [2.75, 3.05) is 19.5 Å². The maximum Gasteiger partial charge on any atom is 0.320 e. The van der Waals surface area contributed by atoms with Crippen LogP contribution >= 0.6 is 0 Å². The number of benzene rings is 1. The normalized spacial score (nSPS) is 10.8. The van der Waals surface area contributed by atoms with Crippen LogP contribution in [0.4, 0.5) is 11.7 Å². The van der Waals surface area contributed by atoms with Crippen LogP contribution in [0.3, 0.4) is 0 Å². The third-order valence-electron chi connectivity index (χ3n) is 3.71. The number of anilines is 2. The van der Waals surface area contributed by atoms with Gasteiger partial charge in [-0.05, 0) is 12.1 Å². The maximum absolute atomic E-state index is 5.72. The van der Waals surface area contributed by atoms with Gasteiger partial charge in [0, 0.05) is 41.7 Å². The summed E-state index contributed by atoms with van der Waals surface area (Å²) in [7, 11) is 3.18. The average molecular weight is 337 g/mol. The molecule has 0 aliphatic carbocycles. The number of H-pyrrole nitrogens is 1. The van der Waals surface area contributed by atoms with Crippen LogP contribution in [-0.2, 0) is 0 Å². The monoisotopic (exact) mass is 337 g/mol. The van der Waals surface area contributed by atoms with E-state index in [-0.39, 0.29) is 6.01 Å². The van der Waals surface area contributed by atoms with Gasteiger partial charge in [-0.3, -0.25) is 0 Å². The number of nitrogens with one attached hydrogen (secondary N) is 2. The lowest BCUT2D eigenvalue weighted by atomic mass is 10.2. The number of ether oxygens (including phenoxy) is 2. The summed E-state index contributed by atoms with van der Waals surface area (Å²) in [5.41, 5.74) is 2.28. The van der Waals surface area contributed by atoms with Crippen molar-refractivity contribution >= 4 is 22.7 Å². The highest BCUT2D eigenvalue weighted by atomic mass is 16.5. The van der Waals surface area contributed by atoms with Gasteiger partial charge in [0.25, 0.3) is 5.89 Å². The second-order valence-corrected chi connectivity index (χ2v) is 5.24. The number of nitrogens with zero attached hydrogens (tertiary/aromatic N) is 3. The molecule has 0 atom stereocenters. The molecular weight excluding hydrogens is 322 g/mol. The van der Waals surface area contributed by atoms with Crippen LogP contribution in [0.2, 0.25) is 0 Å². The van der Waals surface area contributed by atoms with Gasteiger partial charge in [0.1, 0.15) is 17.1 Å². The van der Waals surface area contributed by atoms with Crippen molar-refractivity contribution in [2.24, 2.45) is 0 Å². The predicted octanol–water partition coefficient (Wildman–Crippen LogP) is 3.37. The zero-order chi connectivity index (χ0) is 17.2. The second-order valence-electron chi connectivity index (χ2n) is 5.24. The number of fused-ring (bicyclic) bond motifs is 1. The third-order valence-corrected chi connectivity index (χ3v) is 3.71. The number of hydrogen-bond donors (Lipinski definition) is 2. The highest BCUT2D eigenvalue weighted by Gasteiger charge is 2.14. The van der Waals surface area contributed by atoms with E-state index in [0.29, 0.717) is 23.1 Å². The van der Waals surface area contributed by atoms with E-state index < -0.39 is 0 Å². The van der Waals surface area contributed by atoms with Crippen LogP contribution in [0.1, 0.15) is 0 Å². The second kappa shape index (κ2) is 6.16. The number of rotatable bonds is 5. The summed E-state index contributed by atoms with van der Waals surface area (Å²) in [6.07, 6.45) is 3.52. The van der Waals surface area contributed by atoms with E-state index in [4.69, 9.17) is 13.9 Å². The first kappa shape index (κ1) is 15.0. The molecule has 3 heterocycles. The molecule has 0 saturated carbocycles. The van der Waals surface area contributed by atoms with Crippen molar-refractivity contribution < 1.29 is 13.9 Å². The smallest absolute Gasteiger partial charge is 0.320 e. The van der Waals surface area contributed by atoms with Crippen LogP contribution < -0.4 is 14.8 Å². The Morgan fingerprint density at radius 1 is 1.08 bits per heavy atom. The van der Waals surface area contributed by atoms with Gasteiger partial charge in [0.2, 0.25) is 0 Å². The molecule has 4 rings (SSSR count). The summed E-state index contributed by atoms with van der Waals surface area (Å²) in [6.45, 7) is 0. The first-order chi connectivity index (χ1) is 12.3. The van der Waals surface area contributed by atoms with Crippen LogP contribution in [0.25, 0.3) is 22.5 Å². The minimum atomic E-state index is 0.267. The van der Waals surface area contributed by atoms with Crippen LogP contribution in [0, 0.1) is 0 Å². The minimum Gasteiger partial charge on any atom is -0.497 e. The number of methoxy groups -OCH3 is 2. The fourth-order valence-corrected chi connectivity index (χ4v) is 2.52. The van der Waals surface area contributed by atoms with Crippen LogP contribution in [0.15, 0.2) is 47.1 Å². The number of pyridine rings is 1. The molecular formula is C17H15N5O3. The highest BCUT2D eigenvalue weighted by molar-refractivity contribution is 5.90. The molecule has 0 amide bonds. The zero-order valence-corrected chi connectivity index (χ0v) is 13.6. The van der Waals surface area contributed by atoms with Crippen molar-refractivity contribution in [3.05, 3.63) is 42.7 Å². The largest absolute Gasteiger partial charge is 0.497 e. The molecule has 0 radical (unpaired) electrons. The SMILES string of the molecule is COc1cc(Nc2nnc(-c3c[nH]c4ncccc34)o2)cc(OC)c1. The topological polar surface area (TPSA) is 98.1 Å². The molecule has 8 heteroatoms. The van der Waals surface area contributed by atoms with Crippen molar-refractivity contribution in [1.82, 2.24) is 20.2 Å². The summed E-state index contributed by atoms with van der Waals surface area (Å²) in [5, 5.41) is 12.1. The first-order valence-electron chi connectivity index (χ1n) is 7.53. The highest BCUT2D eigenvalue weighted by Crippen LogP contribution is 2.30. The van der Waals surface area contributed by atoms with E-state index in [0.717, 1.165) is 16.6 Å². The van der Waals surface area contributed by atoms with E-state index >= 15 is 0 Å². The van der Waals surface area contributed by atoms with Gasteiger partial charge in [0.05, 0.1) is 19.8 Å². The number of hydrogen-bond acceptors (Lipinski definition) is 7. The van der Waals surface area contributed by atoms with Crippen LogP contribution in [-0.4, -0.2) is 34.4 Å². The molecule has 1 aromatic carbocycles. The van der Waals surface area contributed by atoms with Gasteiger partial charge in [-0.15, -0.1) is 5.10 Å². The standard InChI is InChI=1S/C17H15N5O3/c1-23-11-6-10(7-12(8-11)24-2)20-17-22-21-16(25-17)14-9-19-15-13(14)4-3-5-18-15/h3-9H,1-2H3,(H,18,19)(H,20,22). The summed E-state index contributed by atoms with van der Waals surface area (Å²) >= 11 is 0. The van der Waals surface area contributed by atoms with Crippen LogP contribution in [0.5, 0.6) is 11.5 Å². The summed E-state index contributed by atoms with van der Waals surface area (Å²) in [4.78, 5) is 7.33. The third kappa shape index (κ3) is 2.85. The molecule has 8 nitrogen and oxygen atoms in total. The van der Waals surface area contributed by atoms with Gasteiger partial charge in [0.15, 0.2) is 0 Å². The lowest BCUT2D eigenvalue weighted by Crippen LogP contribution is -1.93. The predicted molar refractivity (Wildman–Crippen MR) is 92.2 cm³/mol. The molecule has 0 bridgehead atoms. The lowest BCUT2D eigenvalue weighted by molar-refractivity contribution is 0.394. The number of aromatic amines is 1. The molecule has 3 aromatic heterocycles. The molecule has 0 aliphatic rings. The Labute approximate surface area is 142 Å². The minimum absolute atomic E-state index is 0.267. The summed E-state index contributed by atoms with van der Waals surface area (Å²) < 4.78 is 16.2. The quantitative estimate of drug-likeness (QED) is 0.576. The first-order valence-corrected chi connectivity index (χ1v) is 7.53. The van der Waals surface area contributed by atoms with Gasteiger partial charge in [-0.25, -0.2) is 4.98 Å². The van der Waals surface area contributed by atoms with Crippen molar-refractivity contribution in [3.8, 4) is 23.0 Å². The fraction of sp³-hybridized carbons (Fsp3) is 0.118. The lowest BCUT2D eigenvalue weighted by Gasteiger charge is -2.08. The Morgan fingerprint density at radius 3 is 2.64 bits per heavy atom. The average Bonchev–Trinajstić information content (AvgIpc) is 3.27. The molecule has 0 aliphatic heterocycles. The van der Waals surface area contributed by atoms with Crippen molar-refractivity contribution in [2.45, 2.75) is 0 Å². The molecule has 25 heavy (non-hydrogen) atoms. The Balaban J connectivity index is 1.64. The van der Waals surface area contributed by atoms with Crippen molar-refractivity contribution in [1.29, 1.82) is 0 Å². The maximum atomic E-state index is 5.72.